The number of benzene rings is 2. The first-order valence-corrected chi connectivity index (χ1v) is 9.44. The Kier molecular flexibility index (Phi) is 4.62. The fourth-order valence-corrected chi connectivity index (χ4v) is 4.03. The Hall–Kier alpha value is -1.35. The summed E-state index contributed by atoms with van der Waals surface area (Å²) in [7, 11) is 0. The summed E-state index contributed by atoms with van der Waals surface area (Å²) in [6, 6.07) is 18.8. The molecule has 3 N–H and O–H groups in total. The van der Waals surface area contributed by atoms with Gasteiger partial charge in [0.25, 0.3) is 0 Å². The van der Waals surface area contributed by atoms with E-state index >= 15 is 0 Å². The molecule has 2 aromatic rings. The molecule has 2 atom stereocenters. The maximum absolute atomic E-state index is 6.00. The molecular formula is C21H25ClN2. The summed E-state index contributed by atoms with van der Waals surface area (Å²) < 4.78 is 0. The number of hydrogen-bond acceptors (Lipinski definition) is 2. The minimum atomic E-state index is 0.429. The lowest BCUT2D eigenvalue weighted by molar-refractivity contribution is 0.339. The van der Waals surface area contributed by atoms with Gasteiger partial charge in [0.2, 0.25) is 0 Å². The lowest BCUT2D eigenvalue weighted by atomic mass is 9.92. The van der Waals surface area contributed by atoms with Crippen LogP contribution < -0.4 is 11.1 Å². The van der Waals surface area contributed by atoms with Crippen LogP contribution in [0.2, 0.25) is 5.02 Å². The number of rotatable bonds is 4. The fraction of sp³-hybridized carbons (Fsp3) is 0.429. The largest absolute Gasteiger partial charge is 0.328 e. The number of halogens is 1. The van der Waals surface area contributed by atoms with Crippen molar-refractivity contribution >= 4 is 11.6 Å². The summed E-state index contributed by atoms with van der Waals surface area (Å²) in [5, 5.41) is 4.63. The van der Waals surface area contributed by atoms with Crippen molar-refractivity contribution in [1.82, 2.24) is 5.32 Å². The van der Waals surface area contributed by atoms with Crippen molar-refractivity contribution < 1.29 is 0 Å². The smallest absolute Gasteiger partial charge is 0.0406 e. The van der Waals surface area contributed by atoms with Gasteiger partial charge in [0, 0.05) is 29.1 Å². The molecule has 2 fully saturated rings. The molecule has 0 unspecified atom stereocenters. The third kappa shape index (κ3) is 3.66. The number of hydrogen-bond donors (Lipinski definition) is 2. The van der Waals surface area contributed by atoms with E-state index in [0.717, 1.165) is 5.02 Å². The van der Waals surface area contributed by atoms with Crippen LogP contribution in [0.4, 0.5) is 0 Å². The highest BCUT2D eigenvalue weighted by atomic mass is 35.5. The SMILES string of the molecule is NC1CCC(N[C@@H]2C[C@H]2c2ccc(-c3ccc(Cl)cc3)cc2)CC1. The predicted octanol–water partition coefficient (Wildman–Crippen LogP) is 4.72. The summed E-state index contributed by atoms with van der Waals surface area (Å²) in [5.74, 6) is 0.680. The lowest BCUT2D eigenvalue weighted by Crippen LogP contribution is -2.38. The van der Waals surface area contributed by atoms with E-state index in [2.05, 4.69) is 41.7 Å². The second-order valence-electron chi connectivity index (χ2n) is 7.36. The molecule has 126 valence electrons. The molecule has 0 bridgehead atoms. The van der Waals surface area contributed by atoms with Gasteiger partial charge >= 0.3 is 0 Å². The molecule has 0 amide bonds. The molecule has 2 saturated carbocycles. The second kappa shape index (κ2) is 6.87. The summed E-state index contributed by atoms with van der Waals surface area (Å²) in [5.41, 5.74) is 9.92. The van der Waals surface area contributed by atoms with Gasteiger partial charge in [-0.05, 0) is 60.9 Å². The Balaban J connectivity index is 1.35. The molecule has 2 aliphatic carbocycles. The van der Waals surface area contributed by atoms with E-state index in [1.165, 1.54) is 48.8 Å². The van der Waals surface area contributed by atoms with Gasteiger partial charge in [0.05, 0.1) is 0 Å². The average molecular weight is 341 g/mol. The monoisotopic (exact) mass is 340 g/mol. The van der Waals surface area contributed by atoms with Crippen LogP contribution in [0.25, 0.3) is 11.1 Å². The summed E-state index contributed by atoms with van der Waals surface area (Å²) in [6.07, 6.45) is 6.08. The van der Waals surface area contributed by atoms with Crippen molar-refractivity contribution in [3.63, 3.8) is 0 Å². The molecule has 2 aromatic carbocycles. The van der Waals surface area contributed by atoms with E-state index in [1.807, 2.05) is 12.1 Å². The van der Waals surface area contributed by atoms with Gasteiger partial charge < -0.3 is 11.1 Å². The zero-order valence-corrected chi connectivity index (χ0v) is 14.7. The van der Waals surface area contributed by atoms with Crippen molar-refractivity contribution in [1.29, 1.82) is 0 Å². The van der Waals surface area contributed by atoms with Crippen LogP contribution >= 0.6 is 11.6 Å². The molecule has 0 aromatic heterocycles. The lowest BCUT2D eigenvalue weighted by Gasteiger charge is -2.27. The van der Waals surface area contributed by atoms with Crippen molar-refractivity contribution in [3.05, 3.63) is 59.1 Å². The highest BCUT2D eigenvalue weighted by molar-refractivity contribution is 6.30. The maximum atomic E-state index is 6.00. The highest BCUT2D eigenvalue weighted by Crippen LogP contribution is 2.42. The second-order valence-corrected chi connectivity index (χ2v) is 7.79. The predicted molar refractivity (Wildman–Crippen MR) is 101 cm³/mol. The standard InChI is InChI=1S/C21H25ClN2/c22-17-7-5-15(6-8-17)14-1-3-16(4-2-14)20-13-21(20)24-19-11-9-18(23)10-12-19/h1-8,18-21,24H,9-13,23H2/t18?,19?,20-,21+/m0/s1. The average Bonchev–Trinajstić information content (AvgIpc) is 3.37. The molecule has 0 radical (unpaired) electrons. The Morgan fingerprint density at radius 2 is 1.42 bits per heavy atom. The zero-order valence-electron chi connectivity index (χ0n) is 13.9. The first kappa shape index (κ1) is 16.1. The van der Waals surface area contributed by atoms with Gasteiger partial charge in [0.1, 0.15) is 0 Å². The zero-order chi connectivity index (χ0) is 16.5. The third-order valence-electron chi connectivity index (χ3n) is 5.53. The molecule has 2 aliphatic rings. The van der Waals surface area contributed by atoms with Crippen LogP contribution in [-0.4, -0.2) is 18.1 Å². The molecular weight excluding hydrogens is 316 g/mol. The maximum Gasteiger partial charge on any atom is 0.0406 e. The van der Waals surface area contributed by atoms with Gasteiger partial charge in [-0.1, -0.05) is 48.0 Å². The molecule has 0 saturated heterocycles. The molecule has 2 nitrogen and oxygen atoms in total. The summed E-state index contributed by atoms with van der Waals surface area (Å²) >= 11 is 5.96. The minimum Gasteiger partial charge on any atom is -0.328 e. The van der Waals surface area contributed by atoms with Crippen LogP contribution in [0.5, 0.6) is 0 Å². The highest BCUT2D eigenvalue weighted by Gasteiger charge is 2.39. The number of nitrogens with two attached hydrogens (primary N) is 1. The van der Waals surface area contributed by atoms with E-state index in [-0.39, 0.29) is 0 Å². The number of nitrogens with one attached hydrogen (secondary N) is 1. The van der Waals surface area contributed by atoms with Crippen LogP contribution in [-0.2, 0) is 0 Å². The molecule has 3 heteroatoms. The van der Waals surface area contributed by atoms with Crippen molar-refractivity contribution in [2.45, 2.75) is 56.1 Å². The molecule has 0 heterocycles. The Morgan fingerprint density at radius 1 is 0.833 bits per heavy atom. The molecule has 4 rings (SSSR count). The first-order chi connectivity index (χ1) is 11.7. The summed E-state index contributed by atoms with van der Waals surface area (Å²) in [6.45, 7) is 0. The van der Waals surface area contributed by atoms with E-state index in [4.69, 9.17) is 17.3 Å². The van der Waals surface area contributed by atoms with Crippen LogP contribution in [0.15, 0.2) is 48.5 Å². The third-order valence-corrected chi connectivity index (χ3v) is 5.78. The quantitative estimate of drug-likeness (QED) is 0.845. The first-order valence-electron chi connectivity index (χ1n) is 9.06. The fourth-order valence-electron chi connectivity index (χ4n) is 3.90. The van der Waals surface area contributed by atoms with E-state index in [1.54, 1.807) is 0 Å². The van der Waals surface area contributed by atoms with Crippen molar-refractivity contribution in [3.8, 4) is 11.1 Å². The Labute approximate surface area is 149 Å². The van der Waals surface area contributed by atoms with Crippen LogP contribution in [0.1, 0.15) is 43.6 Å². The summed E-state index contributed by atoms with van der Waals surface area (Å²) in [4.78, 5) is 0. The van der Waals surface area contributed by atoms with Gasteiger partial charge in [-0.3, -0.25) is 0 Å². The van der Waals surface area contributed by atoms with Crippen LogP contribution in [0, 0.1) is 0 Å². The normalized spacial score (nSPS) is 29.4. The van der Waals surface area contributed by atoms with E-state index in [9.17, 15) is 0 Å². The molecule has 0 spiro atoms. The van der Waals surface area contributed by atoms with Crippen molar-refractivity contribution in [2.75, 3.05) is 0 Å². The Bertz CT molecular complexity index is 672. The van der Waals surface area contributed by atoms with Crippen LogP contribution in [0.3, 0.4) is 0 Å². The molecule has 0 aliphatic heterocycles. The van der Waals surface area contributed by atoms with E-state index < -0.39 is 0 Å². The van der Waals surface area contributed by atoms with Crippen molar-refractivity contribution in [2.24, 2.45) is 5.73 Å². The topological polar surface area (TPSA) is 38.0 Å². The van der Waals surface area contributed by atoms with Gasteiger partial charge in [0.15, 0.2) is 0 Å². The van der Waals surface area contributed by atoms with Gasteiger partial charge in [-0.15, -0.1) is 0 Å². The van der Waals surface area contributed by atoms with E-state index in [0.29, 0.717) is 24.0 Å². The minimum absolute atomic E-state index is 0.429. The Morgan fingerprint density at radius 3 is 2.04 bits per heavy atom. The van der Waals surface area contributed by atoms with Gasteiger partial charge in [-0.2, -0.15) is 0 Å². The molecule has 24 heavy (non-hydrogen) atoms. The van der Waals surface area contributed by atoms with Gasteiger partial charge in [-0.25, -0.2) is 0 Å².